The minimum absolute atomic E-state index is 1.30. The van der Waals surface area contributed by atoms with Gasteiger partial charge in [0.25, 0.3) is 0 Å². The zero-order valence-electron chi connectivity index (χ0n) is 22.7. The van der Waals surface area contributed by atoms with Crippen molar-refractivity contribution in [3.63, 3.8) is 0 Å². The molecule has 0 bridgehead atoms. The quantitative estimate of drug-likeness (QED) is 0.190. The Morgan fingerprint density at radius 2 is 0.923 bits per heavy atom. The van der Waals surface area contributed by atoms with Gasteiger partial charge >= 0.3 is 0 Å². The first kappa shape index (κ1) is 24.5. The van der Waals surface area contributed by atoms with E-state index in [1.165, 1.54) is 63.3 Å². The molecular formula is C36H30S2Si. The summed E-state index contributed by atoms with van der Waals surface area (Å²) in [5, 5.41) is 5.81. The van der Waals surface area contributed by atoms with Gasteiger partial charge in [-0.1, -0.05) is 109 Å². The largest absolute Gasteiger partial charge is 0.136 e. The predicted octanol–water partition coefficient (Wildman–Crippen LogP) is 11.1. The van der Waals surface area contributed by atoms with Gasteiger partial charge in [-0.25, -0.2) is 0 Å². The van der Waals surface area contributed by atoms with E-state index in [0.717, 1.165) is 0 Å². The summed E-state index contributed by atoms with van der Waals surface area (Å²) in [5.41, 5.74) is 8.12. The van der Waals surface area contributed by atoms with E-state index in [0.29, 0.717) is 0 Å². The van der Waals surface area contributed by atoms with Crippen molar-refractivity contribution < 1.29 is 0 Å². The fraction of sp³-hybridized carbons (Fsp3) is 0.111. The van der Waals surface area contributed by atoms with Crippen LogP contribution in [0.1, 0.15) is 32.0 Å². The van der Waals surface area contributed by atoms with E-state index in [9.17, 15) is 0 Å². The van der Waals surface area contributed by atoms with Crippen LogP contribution >= 0.6 is 22.7 Å². The van der Waals surface area contributed by atoms with Gasteiger partial charge in [-0.05, 0) is 81.6 Å². The number of thiophene rings is 2. The number of rotatable bonds is 4. The van der Waals surface area contributed by atoms with Crippen LogP contribution in [0.4, 0.5) is 0 Å². The smallest absolute Gasteiger partial charge is 0.117 e. The summed E-state index contributed by atoms with van der Waals surface area (Å²) >= 11 is 3.91. The van der Waals surface area contributed by atoms with Crippen LogP contribution in [0, 0.1) is 13.8 Å². The van der Waals surface area contributed by atoms with Crippen LogP contribution in [0.5, 0.6) is 0 Å². The molecule has 7 rings (SSSR count). The Labute approximate surface area is 239 Å². The summed E-state index contributed by atoms with van der Waals surface area (Å²) < 4.78 is 2.72. The van der Waals surface area contributed by atoms with Crippen LogP contribution in [-0.2, 0) is 0 Å². The standard InChI is InChI=1S/C36H30S2Si/c1-23-11-9-15-27(19-23)33-34(28-16-10-12-24(2)20-28)36(32-22-26-14-6-8-18-30(26)38-32)39(3,4)35(33)31-21-25-13-5-7-17-29(25)37-31/h5-22H,1-4H3. The molecule has 39 heavy (non-hydrogen) atoms. The van der Waals surface area contributed by atoms with Gasteiger partial charge in [-0.15, -0.1) is 22.7 Å². The monoisotopic (exact) mass is 554 g/mol. The maximum Gasteiger partial charge on any atom is 0.117 e. The summed E-state index contributed by atoms with van der Waals surface area (Å²) in [4.78, 5) is 2.84. The highest BCUT2D eigenvalue weighted by Crippen LogP contribution is 2.58. The Bertz CT molecular complexity index is 1750. The first-order chi connectivity index (χ1) is 18.9. The Hall–Kier alpha value is -3.50. The molecule has 3 heteroatoms. The van der Waals surface area contributed by atoms with E-state index in [-0.39, 0.29) is 0 Å². The summed E-state index contributed by atoms with van der Waals surface area (Å²) in [5.74, 6) is 0. The minimum atomic E-state index is -2.15. The van der Waals surface area contributed by atoms with Crippen LogP contribution in [-0.4, -0.2) is 8.07 Å². The second-order valence-corrected chi connectivity index (χ2v) is 17.6. The van der Waals surface area contributed by atoms with Crippen LogP contribution in [0.15, 0.2) is 109 Å². The number of hydrogen-bond donors (Lipinski definition) is 0. The molecule has 0 saturated carbocycles. The summed E-state index contributed by atoms with van der Waals surface area (Å²) in [6, 6.07) is 40.9. The van der Waals surface area contributed by atoms with E-state index < -0.39 is 8.07 Å². The summed E-state index contributed by atoms with van der Waals surface area (Å²) in [6.07, 6.45) is 0. The third kappa shape index (κ3) is 4.08. The Balaban J connectivity index is 1.62. The SMILES string of the molecule is Cc1cccc(C2=C(c3cc4ccccc4s3)[Si](C)(C)C(c3cc4ccccc4s3)=C2c2cccc(C)c2)c1. The lowest BCUT2D eigenvalue weighted by atomic mass is 9.90. The van der Waals surface area contributed by atoms with Crippen molar-refractivity contribution in [2.45, 2.75) is 26.9 Å². The molecule has 4 aromatic carbocycles. The van der Waals surface area contributed by atoms with Gasteiger partial charge in [0.2, 0.25) is 0 Å². The van der Waals surface area contributed by atoms with E-state index >= 15 is 0 Å². The molecule has 190 valence electrons. The van der Waals surface area contributed by atoms with Gasteiger partial charge in [-0.2, -0.15) is 0 Å². The third-order valence-electron chi connectivity index (χ3n) is 7.96. The van der Waals surface area contributed by atoms with E-state index in [4.69, 9.17) is 0 Å². The minimum Gasteiger partial charge on any atom is -0.136 e. The maximum absolute atomic E-state index is 2.57. The molecule has 0 N–H and O–H groups in total. The molecule has 0 radical (unpaired) electrons. The Morgan fingerprint density at radius 3 is 1.33 bits per heavy atom. The second-order valence-electron chi connectivity index (χ2n) is 11.2. The molecular weight excluding hydrogens is 525 g/mol. The molecule has 0 unspecified atom stereocenters. The van der Waals surface area contributed by atoms with Crippen molar-refractivity contribution in [2.75, 3.05) is 0 Å². The summed E-state index contributed by atoms with van der Waals surface area (Å²) in [6.45, 7) is 9.57. The zero-order chi connectivity index (χ0) is 26.7. The van der Waals surface area contributed by atoms with Gasteiger partial charge in [0.1, 0.15) is 8.07 Å². The van der Waals surface area contributed by atoms with Crippen molar-refractivity contribution in [3.8, 4) is 0 Å². The van der Waals surface area contributed by atoms with E-state index in [2.05, 4.69) is 136 Å². The lowest BCUT2D eigenvalue weighted by Crippen LogP contribution is -2.27. The van der Waals surface area contributed by atoms with Crippen LogP contribution in [0.25, 0.3) is 41.7 Å². The molecule has 1 aliphatic heterocycles. The average Bonchev–Trinajstić information content (AvgIpc) is 3.59. The molecule has 0 saturated heterocycles. The molecule has 3 heterocycles. The predicted molar refractivity (Wildman–Crippen MR) is 177 cm³/mol. The molecule has 0 amide bonds. The fourth-order valence-corrected chi connectivity index (χ4v) is 13.5. The molecule has 1 aliphatic rings. The van der Waals surface area contributed by atoms with Crippen LogP contribution < -0.4 is 0 Å². The summed E-state index contributed by atoms with van der Waals surface area (Å²) in [7, 11) is -2.15. The molecule has 0 aliphatic carbocycles. The van der Waals surface area contributed by atoms with Gasteiger partial charge in [-0.3, -0.25) is 0 Å². The highest BCUT2D eigenvalue weighted by atomic mass is 32.1. The molecule has 0 nitrogen and oxygen atoms in total. The lowest BCUT2D eigenvalue weighted by molar-refractivity contribution is 1.44. The fourth-order valence-electron chi connectivity index (χ4n) is 6.25. The number of fused-ring (bicyclic) bond motifs is 2. The van der Waals surface area contributed by atoms with Crippen LogP contribution in [0.3, 0.4) is 0 Å². The number of benzene rings is 4. The van der Waals surface area contributed by atoms with Gasteiger partial charge < -0.3 is 0 Å². The number of allylic oxidation sites excluding steroid dienone is 2. The average molecular weight is 555 g/mol. The van der Waals surface area contributed by atoms with Crippen molar-refractivity contribution in [1.29, 1.82) is 0 Å². The second kappa shape index (κ2) is 9.30. The third-order valence-corrected chi connectivity index (χ3v) is 14.1. The van der Waals surface area contributed by atoms with E-state index in [1.807, 2.05) is 22.7 Å². The highest BCUT2D eigenvalue weighted by Gasteiger charge is 2.45. The topological polar surface area (TPSA) is 0 Å². The molecule has 0 fully saturated rings. The Kier molecular flexibility index (Phi) is 5.85. The lowest BCUT2D eigenvalue weighted by Gasteiger charge is -2.24. The molecule has 2 aromatic heterocycles. The molecule has 0 atom stereocenters. The zero-order valence-corrected chi connectivity index (χ0v) is 25.3. The first-order valence-corrected chi connectivity index (χ1v) is 18.2. The van der Waals surface area contributed by atoms with Crippen molar-refractivity contribution >= 4 is 72.5 Å². The Morgan fingerprint density at radius 1 is 0.487 bits per heavy atom. The highest BCUT2D eigenvalue weighted by molar-refractivity contribution is 7.27. The maximum atomic E-state index is 2.57. The van der Waals surface area contributed by atoms with Crippen molar-refractivity contribution in [3.05, 3.63) is 141 Å². The number of hydrogen-bond acceptors (Lipinski definition) is 2. The molecule has 6 aromatic rings. The van der Waals surface area contributed by atoms with Crippen molar-refractivity contribution in [1.82, 2.24) is 0 Å². The normalized spacial score (nSPS) is 15.2. The van der Waals surface area contributed by atoms with Gasteiger partial charge in [0, 0.05) is 19.2 Å². The number of aryl methyl sites for hydroxylation is 2. The van der Waals surface area contributed by atoms with Crippen LogP contribution in [0.2, 0.25) is 13.1 Å². The van der Waals surface area contributed by atoms with Crippen molar-refractivity contribution in [2.24, 2.45) is 0 Å². The first-order valence-electron chi connectivity index (χ1n) is 13.5. The van der Waals surface area contributed by atoms with Gasteiger partial charge in [0.05, 0.1) is 0 Å². The van der Waals surface area contributed by atoms with E-state index in [1.54, 1.807) is 10.4 Å². The molecule has 0 spiro atoms. The van der Waals surface area contributed by atoms with Gasteiger partial charge in [0.15, 0.2) is 0 Å².